The van der Waals surface area contributed by atoms with Gasteiger partial charge in [0.2, 0.25) is 0 Å². The fourth-order valence-electron chi connectivity index (χ4n) is 1.77. The highest BCUT2D eigenvalue weighted by molar-refractivity contribution is 7.98. The van der Waals surface area contributed by atoms with Crippen molar-refractivity contribution in [1.29, 1.82) is 0 Å². The van der Waals surface area contributed by atoms with Gasteiger partial charge in [-0.1, -0.05) is 41.6 Å². The van der Waals surface area contributed by atoms with E-state index in [0.717, 1.165) is 17.3 Å². The Bertz CT molecular complexity index is 695. The number of aryl methyl sites for hydroxylation is 1. The Balaban J connectivity index is 2.48. The van der Waals surface area contributed by atoms with E-state index in [9.17, 15) is 14.9 Å². The normalized spacial score (nSPS) is 10.5. The van der Waals surface area contributed by atoms with Crippen molar-refractivity contribution in [3.05, 3.63) is 62.1 Å². The predicted molar refractivity (Wildman–Crippen MR) is 77.2 cm³/mol. The zero-order chi connectivity index (χ0) is 14.7. The Labute approximate surface area is 119 Å². The molecule has 0 N–H and O–H groups in total. The molecule has 0 unspecified atom stereocenters. The van der Waals surface area contributed by atoms with Crippen LogP contribution < -0.4 is 5.56 Å². The van der Waals surface area contributed by atoms with Crippen molar-refractivity contribution in [3.63, 3.8) is 0 Å². The highest BCUT2D eigenvalue weighted by Crippen LogP contribution is 2.14. The Morgan fingerprint density at radius 1 is 1.35 bits per heavy atom. The molecule has 0 fully saturated rings. The van der Waals surface area contributed by atoms with Crippen LogP contribution in [-0.4, -0.2) is 20.7 Å². The van der Waals surface area contributed by atoms with Gasteiger partial charge in [-0.05, 0) is 18.7 Å². The Hall–Kier alpha value is -2.15. The number of thioether (sulfide) groups is 1. The highest BCUT2D eigenvalue weighted by atomic mass is 32.2. The molecule has 0 radical (unpaired) electrons. The van der Waals surface area contributed by atoms with E-state index in [0.29, 0.717) is 5.16 Å². The molecular formula is C13H13N3O3S. The molecule has 2 aromatic rings. The largest absolute Gasteiger partial charge is 0.352 e. The lowest BCUT2D eigenvalue weighted by molar-refractivity contribution is -0.387. The van der Waals surface area contributed by atoms with Crippen molar-refractivity contribution in [2.24, 2.45) is 0 Å². The lowest BCUT2D eigenvalue weighted by atomic mass is 10.1. The van der Waals surface area contributed by atoms with Gasteiger partial charge in [0.05, 0.1) is 11.5 Å². The monoisotopic (exact) mass is 291 g/mol. The standard InChI is InChI=1S/C13H13N3O3S/c1-9-3-5-10(6-4-9)8-15-12(17)11(16(18)19)7-14-13(15)20-2/h3-7H,8H2,1-2H3. The van der Waals surface area contributed by atoms with Gasteiger partial charge in [-0.25, -0.2) is 4.98 Å². The summed E-state index contributed by atoms with van der Waals surface area (Å²) >= 11 is 1.28. The lowest BCUT2D eigenvalue weighted by Crippen LogP contribution is -2.25. The maximum atomic E-state index is 12.1. The average Bonchev–Trinajstić information content (AvgIpc) is 2.42. The zero-order valence-electron chi connectivity index (χ0n) is 11.1. The molecule has 0 saturated heterocycles. The third-order valence-corrected chi connectivity index (χ3v) is 3.52. The van der Waals surface area contributed by atoms with Crippen molar-refractivity contribution in [1.82, 2.24) is 9.55 Å². The van der Waals surface area contributed by atoms with E-state index in [1.807, 2.05) is 31.2 Å². The van der Waals surface area contributed by atoms with Crippen LogP contribution in [0.15, 0.2) is 40.4 Å². The number of hydrogen-bond acceptors (Lipinski definition) is 5. The van der Waals surface area contributed by atoms with Crippen LogP contribution in [0.4, 0.5) is 5.69 Å². The number of nitrogens with zero attached hydrogens (tertiary/aromatic N) is 3. The first-order valence-corrected chi connectivity index (χ1v) is 7.09. The quantitative estimate of drug-likeness (QED) is 0.373. The molecule has 2 rings (SSSR count). The summed E-state index contributed by atoms with van der Waals surface area (Å²) in [6.45, 7) is 2.24. The van der Waals surface area contributed by atoms with E-state index in [1.165, 1.54) is 16.3 Å². The number of nitro groups is 1. The van der Waals surface area contributed by atoms with Gasteiger partial charge in [0.1, 0.15) is 6.20 Å². The van der Waals surface area contributed by atoms with Crippen LogP contribution in [0, 0.1) is 17.0 Å². The summed E-state index contributed by atoms with van der Waals surface area (Å²) in [5.74, 6) is 0. The Morgan fingerprint density at radius 3 is 2.55 bits per heavy atom. The first kappa shape index (κ1) is 14.3. The van der Waals surface area contributed by atoms with Crippen molar-refractivity contribution in [3.8, 4) is 0 Å². The van der Waals surface area contributed by atoms with Crippen LogP contribution in [0.1, 0.15) is 11.1 Å². The van der Waals surface area contributed by atoms with Gasteiger partial charge in [-0.2, -0.15) is 0 Å². The average molecular weight is 291 g/mol. The van der Waals surface area contributed by atoms with Crippen LogP contribution in [0.3, 0.4) is 0 Å². The summed E-state index contributed by atoms with van der Waals surface area (Å²) in [6, 6.07) is 7.66. The minimum absolute atomic E-state index is 0.268. The molecule has 7 heteroatoms. The Kier molecular flexibility index (Phi) is 4.19. The molecule has 20 heavy (non-hydrogen) atoms. The highest BCUT2D eigenvalue weighted by Gasteiger charge is 2.18. The number of hydrogen-bond donors (Lipinski definition) is 0. The summed E-state index contributed by atoms with van der Waals surface area (Å²) in [5.41, 5.74) is 0.878. The second-order valence-electron chi connectivity index (χ2n) is 4.26. The van der Waals surface area contributed by atoms with Gasteiger partial charge < -0.3 is 0 Å². The van der Waals surface area contributed by atoms with Crippen LogP contribution in [0.5, 0.6) is 0 Å². The van der Waals surface area contributed by atoms with Gasteiger partial charge in [-0.3, -0.25) is 19.5 Å². The van der Waals surface area contributed by atoms with Crippen LogP contribution in [0.25, 0.3) is 0 Å². The van der Waals surface area contributed by atoms with E-state index >= 15 is 0 Å². The van der Waals surface area contributed by atoms with E-state index in [-0.39, 0.29) is 6.54 Å². The second-order valence-corrected chi connectivity index (χ2v) is 5.04. The fraction of sp³-hybridized carbons (Fsp3) is 0.231. The number of rotatable bonds is 4. The first-order chi connectivity index (χ1) is 9.52. The molecule has 0 aliphatic rings. The summed E-state index contributed by atoms with van der Waals surface area (Å²) in [4.78, 5) is 26.2. The van der Waals surface area contributed by atoms with Gasteiger partial charge in [0.15, 0.2) is 5.16 Å². The lowest BCUT2D eigenvalue weighted by Gasteiger charge is -2.09. The maximum absolute atomic E-state index is 12.1. The minimum Gasteiger partial charge on any atom is -0.277 e. The molecule has 1 aromatic heterocycles. The third-order valence-electron chi connectivity index (χ3n) is 2.83. The molecule has 0 atom stereocenters. The zero-order valence-corrected chi connectivity index (χ0v) is 11.9. The molecule has 0 aliphatic carbocycles. The van der Waals surface area contributed by atoms with E-state index in [4.69, 9.17) is 0 Å². The Morgan fingerprint density at radius 2 is 2.00 bits per heavy atom. The summed E-state index contributed by atoms with van der Waals surface area (Å²) in [6.07, 6.45) is 2.79. The van der Waals surface area contributed by atoms with E-state index in [2.05, 4.69) is 4.98 Å². The molecule has 1 heterocycles. The minimum atomic E-state index is -0.703. The summed E-state index contributed by atoms with van der Waals surface area (Å²) < 4.78 is 1.33. The van der Waals surface area contributed by atoms with Crippen LogP contribution >= 0.6 is 11.8 Å². The molecule has 0 aliphatic heterocycles. The molecule has 104 valence electrons. The van der Waals surface area contributed by atoms with Gasteiger partial charge >= 0.3 is 11.2 Å². The van der Waals surface area contributed by atoms with E-state index in [1.54, 1.807) is 6.26 Å². The fourth-order valence-corrected chi connectivity index (χ4v) is 2.30. The SMILES string of the molecule is CSc1ncc([N+](=O)[O-])c(=O)n1Cc1ccc(C)cc1. The van der Waals surface area contributed by atoms with Crippen LogP contribution in [-0.2, 0) is 6.54 Å². The topological polar surface area (TPSA) is 78.0 Å². The van der Waals surface area contributed by atoms with Crippen molar-refractivity contribution >= 4 is 17.4 Å². The van der Waals surface area contributed by atoms with E-state index < -0.39 is 16.2 Å². The molecule has 0 amide bonds. The smallest absolute Gasteiger partial charge is 0.277 e. The first-order valence-electron chi connectivity index (χ1n) is 5.86. The number of aromatic nitrogens is 2. The summed E-state index contributed by atoms with van der Waals surface area (Å²) in [7, 11) is 0. The third kappa shape index (κ3) is 2.88. The molecule has 0 bridgehead atoms. The number of benzene rings is 1. The molecule has 1 aromatic carbocycles. The summed E-state index contributed by atoms with van der Waals surface area (Å²) in [5, 5.41) is 11.3. The van der Waals surface area contributed by atoms with Gasteiger partial charge in [0, 0.05) is 0 Å². The second kappa shape index (κ2) is 5.87. The van der Waals surface area contributed by atoms with Gasteiger partial charge in [0.25, 0.3) is 0 Å². The van der Waals surface area contributed by atoms with Gasteiger partial charge in [-0.15, -0.1) is 0 Å². The maximum Gasteiger partial charge on any atom is 0.352 e. The molecule has 0 spiro atoms. The molecule has 6 nitrogen and oxygen atoms in total. The van der Waals surface area contributed by atoms with Crippen molar-refractivity contribution in [2.75, 3.05) is 6.26 Å². The van der Waals surface area contributed by atoms with Crippen molar-refractivity contribution in [2.45, 2.75) is 18.6 Å². The predicted octanol–water partition coefficient (Wildman–Crippen LogP) is 2.23. The molecule has 0 saturated carbocycles. The van der Waals surface area contributed by atoms with Crippen molar-refractivity contribution < 1.29 is 4.92 Å². The van der Waals surface area contributed by atoms with Crippen LogP contribution in [0.2, 0.25) is 0 Å². The molecular weight excluding hydrogens is 278 g/mol.